The van der Waals surface area contributed by atoms with E-state index in [1.165, 1.54) is 36.1 Å². The summed E-state index contributed by atoms with van der Waals surface area (Å²) in [6, 6.07) is 14.0. The maximum atomic E-state index is 4.66. The molecule has 6 nitrogen and oxygen atoms in total. The molecule has 26 heavy (non-hydrogen) atoms. The average Bonchev–Trinajstić information content (AvgIpc) is 3.30. The molecule has 1 aliphatic rings. The van der Waals surface area contributed by atoms with Crippen molar-refractivity contribution in [2.75, 3.05) is 0 Å². The predicted octanol–water partition coefficient (Wildman–Crippen LogP) is 4.21. The number of para-hydroxylation sites is 1. The van der Waals surface area contributed by atoms with Crippen molar-refractivity contribution in [3.63, 3.8) is 0 Å². The molecule has 3 heterocycles. The lowest BCUT2D eigenvalue weighted by Crippen LogP contribution is -1.99. The Hall–Kier alpha value is -2.58. The largest absolute Gasteiger partial charge is 0.270 e. The molecular weight excluding hydrogens is 364 g/mol. The van der Waals surface area contributed by atoms with Crippen molar-refractivity contribution in [2.24, 2.45) is 0 Å². The topological polar surface area (TPSA) is 69.4 Å². The molecule has 0 unspecified atom stereocenters. The Kier molecular flexibility index (Phi) is 3.99. The van der Waals surface area contributed by atoms with Gasteiger partial charge in [0.15, 0.2) is 10.2 Å². The first-order valence-electron chi connectivity index (χ1n) is 8.31. The molecule has 1 saturated carbocycles. The van der Waals surface area contributed by atoms with Crippen LogP contribution in [0.1, 0.15) is 24.6 Å². The summed E-state index contributed by atoms with van der Waals surface area (Å²) in [5.74, 6) is 2.29. The van der Waals surface area contributed by atoms with Gasteiger partial charge >= 0.3 is 0 Å². The van der Waals surface area contributed by atoms with Gasteiger partial charge in [-0.3, -0.25) is 9.55 Å². The number of hydrogen-bond acceptors (Lipinski definition) is 7. The molecule has 0 radical (unpaired) electrons. The number of benzene rings is 1. The highest BCUT2D eigenvalue weighted by Gasteiger charge is 2.28. The van der Waals surface area contributed by atoms with Crippen LogP contribution in [-0.4, -0.2) is 29.1 Å². The minimum absolute atomic E-state index is 0.554. The molecule has 8 heteroatoms. The lowest BCUT2D eigenvalue weighted by atomic mass is 10.2. The molecule has 0 atom stereocenters. The lowest BCUT2D eigenvalue weighted by Gasteiger charge is -2.09. The average molecular weight is 378 g/mol. The zero-order valence-corrected chi connectivity index (χ0v) is 15.3. The van der Waals surface area contributed by atoms with Gasteiger partial charge < -0.3 is 0 Å². The Morgan fingerprint density at radius 1 is 1.04 bits per heavy atom. The van der Waals surface area contributed by atoms with Crippen molar-refractivity contribution in [3.8, 4) is 17.1 Å². The van der Waals surface area contributed by atoms with E-state index in [0.717, 1.165) is 32.4 Å². The molecule has 0 bridgehead atoms. The van der Waals surface area contributed by atoms with Crippen LogP contribution in [0.4, 0.5) is 0 Å². The highest BCUT2D eigenvalue weighted by molar-refractivity contribution is 8.00. The smallest absolute Gasteiger partial charge is 0.203 e. The Morgan fingerprint density at radius 2 is 1.92 bits per heavy atom. The summed E-state index contributed by atoms with van der Waals surface area (Å²) in [5.41, 5.74) is 1.93. The quantitative estimate of drug-likeness (QED) is 0.518. The van der Waals surface area contributed by atoms with Crippen molar-refractivity contribution in [1.82, 2.24) is 29.1 Å². The van der Waals surface area contributed by atoms with Crippen molar-refractivity contribution in [1.29, 1.82) is 0 Å². The molecule has 1 aromatic carbocycles. The minimum Gasteiger partial charge on any atom is -0.270 e. The van der Waals surface area contributed by atoms with Crippen LogP contribution in [-0.2, 0) is 0 Å². The van der Waals surface area contributed by atoms with E-state index in [1.54, 1.807) is 12.4 Å². The molecule has 1 aliphatic carbocycles. The van der Waals surface area contributed by atoms with E-state index in [4.69, 9.17) is 0 Å². The summed E-state index contributed by atoms with van der Waals surface area (Å²) < 4.78 is 7.42. The monoisotopic (exact) mass is 378 g/mol. The number of hydrogen-bond donors (Lipinski definition) is 0. The van der Waals surface area contributed by atoms with Gasteiger partial charge in [-0.05, 0) is 60.4 Å². The number of pyridine rings is 1. The maximum Gasteiger partial charge on any atom is 0.203 e. The van der Waals surface area contributed by atoms with Crippen LogP contribution >= 0.6 is 23.3 Å². The maximum absolute atomic E-state index is 4.66. The van der Waals surface area contributed by atoms with Gasteiger partial charge in [-0.1, -0.05) is 18.2 Å². The van der Waals surface area contributed by atoms with Crippen molar-refractivity contribution in [3.05, 3.63) is 60.7 Å². The molecule has 4 aromatic rings. The fraction of sp³-hybridized carbons (Fsp3) is 0.167. The minimum atomic E-state index is 0.554. The Bertz CT molecular complexity index is 1020. The van der Waals surface area contributed by atoms with Crippen LogP contribution in [0, 0.1) is 0 Å². The standard InChI is InChI=1S/C18H14N6S2/c1-2-6-14(7-3-1)24-16(13-5-4-10-19-11-13)21-22-17(24)25-18-20-15(23-26-18)12-8-9-12/h1-7,10-12H,8-9H2. The third kappa shape index (κ3) is 3.02. The van der Waals surface area contributed by atoms with Gasteiger partial charge in [0.1, 0.15) is 5.82 Å². The molecule has 0 spiro atoms. The van der Waals surface area contributed by atoms with Crippen LogP contribution in [0.3, 0.4) is 0 Å². The summed E-state index contributed by atoms with van der Waals surface area (Å²) in [6.45, 7) is 0. The molecule has 0 amide bonds. The first kappa shape index (κ1) is 15.7. The molecule has 5 rings (SSSR count). The van der Waals surface area contributed by atoms with E-state index < -0.39 is 0 Å². The number of nitrogens with zero attached hydrogens (tertiary/aromatic N) is 6. The number of rotatable bonds is 5. The highest BCUT2D eigenvalue weighted by atomic mass is 32.2. The number of aromatic nitrogens is 6. The molecular formula is C18H14N6S2. The predicted molar refractivity (Wildman–Crippen MR) is 101 cm³/mol. The molecule has 0 saturated heterocycles. The Labute approximate surface area is 158 Å². The zero-order chi connectivity index (χ0) is 17.3. The molecule has 1 fully saturated rings. The van der Waals surface area contributed by atoms with Crippen molar-refractivity contribution < 1.29 is 0 Å². The Balaban J connectivity index is 1.57. The van der Waals surface area contributed by atoms with Crippen LogP contribution in [0.15, 0.2) is 64.4 Å². The van der Waals surface area contributed by atoms with Crippen LogP contribution in [0.5, 0.6) is 0 Å². The summed E-state index contributed by atoms with van der Waals surface area (Å²) >= 11 is 2.93. The summed E-state index contributed by atoms with van der Waals surface area (Å²) in [7, 11) is 0. The SMILES string of the molecule is c1ccc(-n2c(Sc3nc(C4CC4)ns3)nnc2-c2cccnc2)cc1. The third-order valence-corrected chi connectivity index (χ3v) is 5.82. The summed E-state index contributed by atoms with van der Waals surface area (Å²) in [5, 5.41) is 9.61. The Morgan fingerprint density at radius 3 is 2.69 bits per heavy atom. The second-order valence-corrected chi connectivity index (χ2v) is 7.98. The van der Waals surface area contributed by atoms with E-state index >= 15 is 0 Å². The van der Waals surface area contributed by atoms with E-state index in [2.05, 4.69) is 24.5 Å². The molecule has 128 valence electrons. The molecule has 3 aromatic heterocycles. The van der Waals surface area contributed by atoms with Crippen LogP contribution in [0.2, 0.25) is 0 Å². The van der Waals surface area contributed by atoms with Crippen molar-refractivity contribution >= 4 is 23.3 Å². The zero-order valence-electron chi connectivity index (χ0n) is 13.7. The van der Waals surface area contributed by atoms with E-state index in [-0.39, 0.29) is 0 Å². The van der Waals surface area contributed by atoms with Crippen molar-refractivity contribution in [2.45, 2.75) is 28.3 Å². The second-order valence-electron chi connectivity index (χ2n) is 6.01. The van der Waals surface area contributed by atoms with Gasteiger partial charge in [0.25, 0.3) is 0 Å². The molecule has 0 N–H and O–H groups in total. The fourth-order valence-electron chi connectivity index (χ4n) is 2.67. The summed E-state index contributed by atoms with van der Waals surface area (Å²) in [4.78, 5) is 8.87. The lowest BCUT2D eigenvalue weighted by molar-refractivity contribution is 0.882. The van der Waals surface area contributed by atoms with Gasteiger partial charge in [-0.25, -0.2) is 4.98 Å². The highest BCUT2D eigenvalue weighted by Crippen LogP contribution is 2.41. The van der Waals surface area contributed by atoms with Crippen LogP contribution in [0.25, 0.3) is 17.1 Å². The van der Waals surface area contributed by atoms with E-state index in [0.29, 0.717) is 5.92 Å². The summed E-state index contributed by atoms with van der Waals surface area (Å²) in [6.07, 6.45) is 5.95. The first-order chi connectivity index (χ1) is 12.9. The van der Waals surface area contributed by atoms with Gasteiger partial charge in [0, 0.05) is 29.6 Å². The fourth-order valence-corrected chi connectivity index (χ4v) is 4.32. The van der Waals surface area contributed by atoms with Gasteiger partial charge in [-0.2, -0.15) is 4.37 Å². The molecule has 0 aliphatic heterocycles. The van der Waals surface area contributed by atoms with Gasteiger partial charge in [0.05, 0.1) is 0 Å². The van der Waals surface area contributed by atoms with Crippen LogP contribution < -0.4 is 0 Å². The van der Waals surface area contributed by atoms with Gasteiger partial charge in [0.2, 0.25) is 5.16 Å². The van der Waals surface area contributed by atoms with E-state index in [1.807, 2.05) is 47.0 Å². The van der Waals surface area contributed by atoms with Gasteiger partial charge in [-0.15, -0.1) is 10.2 Å². The normalized spacial score (nSPS) is 13.8. The van der Waals surface area contributed by atoms with E-state index in [9.17, 15) is 0 Å². The first-order valence-corrected chi connectivity index (χ1v) is 9.90. The third-order valence-electron chi connectivity index (χ3n) is 4.11. The second kappa shape index (κ2) is 6.62.